The van der Waals surface area contributed by atoms with Crippen LogP contribution in [0.1, 0.15) is 18.5 Å². The standard InChI is InChI=1S/C10H15NO.BrH/c1-8(11-2)9-5-4-6-10(7-9)12-3;/h4-8,11H,1-3H3;1H/t8-;/m0./s1. The number of methoxy groups -OCH3 is 1. The van der Waals surface area contributed by atoms with E-state index in [-0.39, 0.29) is 17.0 Å². The SMILES string of the molecule is Br.CN[C@@H](C)c1cccc(OC)c1. The summed E-state index contributed by atoms with van der Waals surface area (Å²) < 4.78 is 5.12. The second-order valence-corrected chi connectivity index (χ2v) is 2.79. The summed E-state index contributed by atoms with van der Waals surface area (Å²) in [6.45, 7) is 2.12. The molecule has 0 saturated carbocycles. The molecule has 0 bridgehead atoms. The first-order valence-corrected chi connectivity index (χ1v) is 4.09. The van der Waals surface area contributed by atoms with E-state index in [1.807, 2.05) is 25.2 Å². The van der Waals surface area contributed by atoms with Gasteiger partial charge in [0, 0.05) is 6.04 Å². The van der Waals surface area contributed by atoms with Crippen molar-refractivity contribution in [3.8, 4) is 5.75 Å². The van der Waals surface area contributed by atoms with E-state index < -0.39 is 0 Å². The van der Waals surface area contributed by atoms with E-state index in [0.29, 0.717) is 6.04 Å². The molecule has 0 fully saturated rings. The van der Waals surface area contributed by atoms with E-state index >= 15 is 0 Å². The molecular weight excluding hydrogens is 230 g/mol. The summed E-state index contributed by atoms with van der Waals surface area (Å²) in [6.07, 6.45) is 0. The zero-order valence-electron chi connectivity index (χ0n) is 8.20. The molecular formula is C10H16BrNO. The van der Waals surface area contributed by atoms with E-state index in [2.05, 4.69) is 18.3 Å². The number of hydrogen-bond donors (Lipinski definition) is 1. The Morgan fingerprint density at radius 1 is 1.38 bits per heavy atom. The van der Waals surface area contributed by atoms with Gasteiger partial charge in [-0.05, 0) is 31.7 Å². The maximum absolute atomic E-state index is 5.12. The molecule has 0 aliphatic carbocycles. The summed E-state index contributed by atoms with van der Waals surface area (Å²) in [5.74, 6) is 0.912. The fourth-order valence-corrected chi connectivity index (χ4v) is 1.08. The first-order valence-electron chi connectivity index (χ1n) is 4.09. The smallest absolute Gasteiger partial charge is 0.119 e. The number of rotatable bonds is 3. The number of halogens is 1. The van der Waals surface area contributed by atoms with Crippen LogP contribution in [0, 0.1) is 0 Å². The van der Waals surface area contributed by atoms with Crippen molar-refractivity contribution in [2.75, 3.05) is 14.2 Å². The molecule has 1 rings (SSSR count). The maximum Gasteiger partial charge on any atom is 0.119 e. The van der Waals surface area contributed by atoms with Gasteiger partial charge in [0.1, 0.15) is 5.75 Å². The molecule has 0 spiro atoms. The fourth-order valence-electron chi connectivity index (χ4n) is 1.08. The molecule has 0 saturated heterocycles. The van der Waals surface area contributed by atoms with Crippen LogP contribution < -0.4 is 10.1 Å². The molecule has 0 aliphatic rings. The van der Waals surface area contributed by atoms with Gasteiger partial charge in [-0.1, -0.05) is 12.1 Å². The van der Waals surface area contributed by atoms with Gasteiger partial charge in [0.2, 0.25) is 0 Å². The van der Waals surface area contributed by atoms with Crippen molar-refractivity contribution in [2.45, 2.75) is 13.0 Å². The van der Waals surface area contributed by atoms with Crippen molar-refractivity contribution >= 4 is 17.0 Å². The average Bonchev–Trinajstić information content (AvgIpc) is 2.17. The van der Waals surface area contributed by atoms with Gasteiger partial charge in [0.15, 0.2) is 0 Å². The van der Waals surface area contributed by atoms with Gasteiger partial charge in [-0.15, -0.1) is 17.0 Å². The van der Waals surface area contributed by atoms with Crippen LogP contribution in [0.3, 0.4) is 0 Å². The second kappa shape index (κ2) is 6.00. The van der Waals surface area contributed by atoms with Crippen molar-refractivity contribution in [1.29, 1.82) is 0 Å². The molecule has 0 unspecified atom stereocenters. The number of nitrogens with one attached hydrogen (secondary N) is 1. The lowest BCUT2D eigenvalue weighted by atomic mass is 10.1. The van der Waals surface area contributed by atoms with Crippen LogP contribution in [0.5, 0.6) is 5.75 Å². The molecule has 74 valence electrons. The van der Waals surface area contributed by atoms with Crippen LogP contribution in [0.15, 0.2) is 24.3 Å². The summed E-state index contributed by atoms with van der Waals surface area (Å²) in [4.78, 5) is 0. The lowest BCUT2D eigenvalue weighted by Crippen LogP contribution is -2.11. The number of ether oxygens (including phenoxy) is 1. The van der Waals surface area contributed by atoms with Gasteiger partial charge in [-0.2, -0.15) is 0 Å². The van der Waals surface area contributed by atoms with Crippen LogP contribution in [0.4, 0.5) is 0 Å². The van der Waals surface area contributed by atoms with Crippen molar-refractivity contribution in [3.05, 3.63) is 29.8 Å². The fraction of sp³-hybridized carbons (Fsp3) is 0.400. The Balaban J connectivity index is 0.00000144. The molecule has 1 N–H and O–H groups in total. The van der Waals surface area contributed by atoms with Crippen LogP contribution in [-0.2, 0) is 0 Å². The molecule has 3 heteroatoms. The lowest BCUT2D eigenvalue weighted by molar-refractivity contribution is 0.413. The van der Waals surface area contributed by atoms with Gasteiger partial charge in [0.25, 0.3) is 0 Å². The van der Waals surface area contributed by atoms with E-state index in [9.17, 15) is 0 Å². The molecule has 0 aromatic heterocycles. The van der Waals surface area contributed by atoms with Crippen LogP contribution in [-0.4, -0.2) is 14.2 Å². The van der Waals surface area contributed by atoms with Gasteiger partial charge >= 0.3 is 0 Å². The molecule has 0 aliphatic heterocycles. The second-order valence-electron chi connectivity index (χ2n) is 2.79. The Morgan fingerprint density at radius 3 is 2.62 bits per heavy atom. The van der Waals surface area contributed by atoms with Gasteiger partial charge in [-0.3, -0.25) is 0 Å². The zero-order valence-corrected chi connectivity index (χ0v) is 9.92. The summed E-state index contributed by atoms with van der Waals surface area (Å²) in [6, 6.07) is 8.46. The maximum atomic E-state index is 5.12. The quantitative estimate of drug-likeness (QED) is 0.884. The van der Waals surface area contributed by atoms with Crippen molar-refractivity contribution in [2.24, 2.45) is 0 Å². The normalized spacial score (nSPS) is 11.6. The van der Waals surface area contributed by atoms with Crippen LogP contribution in [0.25, 0.3) is 0 Å². The summed E-state index contributed by atoms with van der Waals surface area (Å²) in [5, 5.41) is 3.18. The first-order chi connectivity index (χ1) is 5.77. The number of hydrogen-bond acceptors (Lipinski definition) is 2. The molecule has 1 atom stereocenters. The molecule has 13 heavy (non-hydrogen) atoms. The average molecular weight is 246 g/mol. The van der Waals surface area contributed by atoms with E-state index in [4.69, 9.17) is 4.74 Å². The lowest BCUT2D eigenvalue weighted by Gasteiger charge is -2.11. The Morgan fingerprint density at radius 2 is 2.08 bits per heavy atom. The van der Waals surface area contributed by atoms with E-state index in [1.165, 1.54) is 5.56 Å². The Hall–Kier alpha value is -0.540. The van der Waals surface area contributed by atoms with Crippen molar-refractivity contribution in [3.63, 3.8) is 0 Å². The summed E-state index contributed by atoms with van der Waals surface area (Å²) in [5.41, 5.74) is 1.25. The van der Waals surface area contributed by atoms with Crippen molar-refractivity contribution in [1.82, 2.24) is 5.32 Å². The van der Waals surface area contributed by atoms with E-state index in [0.717, 1.165) is 5.75 Å². The third kappa shape index (κ3) is 3.36. The molecule has 0 heterocycles. The topological polar surface area (TPSA) is 21.3 Å². The Labute approximate surface area is 90.1 Å². The minimum Gasteiger partial charge on any atom is -0.497 e. The third-order valence-electron chi connectivity index (χ3n) is 2.03. The van der Waals surface area contributed by atoms with Crippen molar-refractivity contribution < 1.29 is 4.74 Å². The summed E-state index contributed by atoms with van der Waals surface area (Å²) in [7, 11) is 3.63. The molecule has 1 aromatic carbocycles. The minimum atomic E-state index is 0. The highest BCUT2D eigenvalue weighted by Crippen LogP contribution is 2.17. The first kappa shape index (κ1) is 12.5. The highest BCUT2D eigenvalue weighted by atomic mass is 79.9. The van der Waals surface area contributed by atoms with Gasteiger partial charge in [-0.25, -0.2) is 0 Å². The molecule has 0 amide bonds. The predicted molar refractivity (Wildman–Crippen MR) is 60.8 cm³/mol. The minimum absolute atomic E-state index is 0. The Bertz CT molecular complexity index is 252. The molecule has 2 nitrogen and oxygen atoms in total. The zero-order chi connectivity index (χ0) is 8.97. The molecule has 0 radical (unpaired) electrons. The van der Waals surface area contributed by atoms with Gasteiger partial charge < -0.3 is 10.1 Å². The summed E-state index contributed by atoms with van der Waals surface area (Å²) >= 11 is 0. The van der Waals surface area contributed by atoms with Crippen LogP contribution >= 0.6 is 17.0 Å². The largest absolute Gasteiger partial charge is 0.497 e. The third-order valence-corrected chi connectivity index (χ3v) is 2.03. The van der Waals surface area contributed by atoms with Crippen LogP contribution in [0.2, 0.25) is 0 Å². The number of benzene rings is 1. The highest BCUT2D eigenvalue weighted by molar-refractivity contribution is 8.93. The van der Waals surface area contributed by atoms with E-state index in [1.54, 1.807) is 7.11 Å². The highest BCUT2D eigenvalue weighted by Gasteiger charge is 2.01. The Kier molecular flexibility index (Phi) is 5.75. The monoisotopic (exact) mass is 245 g/mol. The predicted octanol–water partition coefficient (Wildman–Crippen LogP) is 2.55. The molecule has 1 aromatic rings. The van der Waals surface area contributed by atoms with Gasteiger partial charge in [0.05, 0.1) is 7.11 Å².